The third-order valence-electron chi connectivity index (χ3n) is 4.59. The van der Waals surface area contributed by atoms with E-state index in [4.69, 9.17) is 20.0 Å². The van der Waals surface area contributed by atoms with Crippen molar-refractivity contribution in [3.8, 4) is 0 Å². The van der Waals surface area contributed by atoms with Crippen LogP contribution in [0.4, 0.5) is 5.13 Å². The van der Waals surface area contributed by atoms with Crippen LogP contribution in [0, 0.1) is 5.41 Å². The van der Waals surface area contributed by atoms with Crippen LogP contribution in [0.5, 0.6) is 0 Å². The summed E-state index contributed by atoms with van der Waals surface area (Å²) in [7, 11) is 1.28. The van der Waals surface area contributed by atoms with Gasteiger partial charge in [-0.3, -0.25) is 19.3 Å². The molecule has 2 aliphatic rings. The van der Waals surface area contributed by atoms with E-state index in [0.717, 1.165) is 11.3 Å². The number of nitrogens with zero attached hydrogens (tertiary/aromatic N) is 3. The average molecular weight is 512 g/mol. The molecule has 0 radical (unpaired) electrons. The molecular weight excluding hydrogens is 486 g/mol. The number of nitrogens with one attached hydrogen (secondary N) is 1. The van der Waals surface area contributed by atoms with E-state index in [0.29, 0.717) is 5.75 Å². The topological polar surface area (TPSA) is 163 Å². The molecule has 12 nitrogen and oxygen atoms in total. The molecule has 2 atom stereocenters. The zero-order valence-corrected chi connectivity index (χ0v) is 20.7. The number of esters is 2. The van der Waals surface area contributed by atoms with E-state index in [1.165, 1.54) is 23.8 Å². The molecule has 0 spiro atoms. The molecule has 14 heteroatoms. The van der Waals surface area contributed by atoms with Crippen LogP contribution in [0.3, 0.4) is 0 Å². The number of thioether (sulfide) groups is 1. The molecule has 2 aliphatic heterocycles. The largest absolute Gasteiger partial charge is 0.428 e. The van der Waals surface area contributed by atoms with Gasteiger partial charge in [0.1, 0.15) is 29.9 Å². The van der Waals surface area contributed by atoms with Gasteiger partial charge in [0.2, 0.25) is 6.79 Å². The van der Waals surface area contributed by atoms with Gasteiger partial charge in [-0.05, 0) is 11.5 Å². The van der Waals surface area contributed by atoms with E-state index >= 15 is 0 Å². The van der Waals surface area contributed by atoms with Crippen LogP contribution in [0.1, 0.15) is 32.9 Å². The molecule has 0 aromatic carbocycles. The Labute approximate surface area is 203 Å². The number of hydrogen-bond donors (Lipinski definition) is 2. The number of β-lactam (4-membered cyclic amide) rings is 1. The van der Waals surface area contributed by atoms with Crippen molar-refractivity contribution in [3.05, 3.63) is 22.8 Å². The Bertz CT molecular complexity index is 1050. The molecule has 3 N–H and O–H groups in total. The van der Waals surface area contributed by atoms with Crippen molar-refractivity contribution in [3.63, 3.8) is 0 Å². The molecule has 0 saturated carbocycles. The molecule has 184 valence electrons. The lowest BCUT2D eigenvalue weighted by Gasteiger charge is -2.48. The molecule has 1 fully saturated rings. The minimum absolute atomic E-state index is 0.0316. The van der Waals surface area contributed by atoms with Crippen molar-refractivity contribution in [2.24, 2.45) is 10.6 Å². The van der Waals surface area contributed by atoms with Crippen molar-refractivity contribution in [1.82, 2.24) is 15.2 Å². The lowest BCUT2D eigenvalue weighted by molar-refractivity contribution is -0.169. The van der Waals surface area contributed by atoms with Gasteiger partial charge < -0.3 is 25.4 Å². The van der Waals surface area contributed by atoms with Crippen molar-refractivity contribution in [1.29, 1.82) is 0 Å². The normalized spacial score (nSPS) is 20.0. The third kappa shape index (κ3) is 5.86. The van der Waals surface area contributed by atoms with Gasteiger partial charge in [-0.25, -0.2) is 9.78 Å². The Hall–Kier alpha value is -3.13. The Morgan fingerprint density at radius 2 is 2.06 bits per heavy atom. The number of anilines is 1. The highest BCUT2D eigenvalue weighted by Crippen LogP contribution is 2.37. The molecule has 0 bridgehead atoms. The van der Waals surface area contributed by atoms with E-state index in [9.17, 15) is 19.2 Å². The summed E-state index contributed by atoms with van der Waals surface area (Å²) in [6.07, 6.45) is 1.71. The second-order valence-electron chi connectivity index (χ2n) is 8.47. The fourth-order valence-electron chi connectivity index (χ4n) is 3.14. The van der Waals surface area contributed by atoms with Gasteiger partial charge in [0, 0.05) is 11.1 Å². The van der Waals surface area contributed by atoms with Gasteiger partial charge >= 0.3 is 11.9 Å². The summed E-state index contributed by atoms with van der Waals surface area (Å²) < 4.78 is 9.96. The minimum atomic E-state index is -0.892. The zero-order valence-electron chi connectivity index (χ0n) is 19.0. The molecule has 3 heterocycles. The summed E-state index contributed by atoms with van der Waals surface area (Å²) in [5.41, 5.74) is 5.47. The van der Waals surface area contributed by atoms with E-state index in [-0.39, 0.29) is 34.1 Å². The van der Waals surface area contributed by atoms with Crippen LogP contribution in [0.2, 0.25) is 0 Å². The first kappa shape index (κ1) is 25.5. The summed E-state index contributed by atoms with van der Waals surface area (Å²) in [6.45, 7) is 5.09. The molecule has 34 heavy (non-hydrogen) atoms. The predicted octanol–water partition coefficient (Wildman–Crippen LogP) is 0.840. The Balaban J connectivity index is 1.58. The predicted molar refractivity (Wildman–Crippen MR) is 124 cm³/mol. The molecule has 1 saturated heterocycles. The fourth-order valence-corrected chi connectivity index (χ4v) is 4.88. The van der Waals surface area contributed by atoms with E-state index in [1.54, 1.807) is 11.5 Å². The quantitative estimate of drug-likeness (QED) is 0.168. The summed E-state index contributed by atoms with van der Waals surface area (Å²) in [5.74, 6) is -2.05. The minimum Gasteiger partial charge on any atom is -0.428 e. The van der Waals surface area contributed by atoms with Gasteiger partial charge in [0.25, 0.3) is 11.8 Å². The summed E-state index contributed by atoms with van der Waals surface area (Å²) in [4.78, 5) is 59.8. The zero-order chi connectivity index (χ0) is 25.0. The van der Waals surface area contributed by atoms with Gasteiger partial charge in [0.05, 0.1) is 6.42 Å². The molecule has 3 rings (SSSR count). The van der Waals surface area contributed by atoms with E-state index < -0.39 is 42.0 Å². The fraction of sp³-hybridized carbons (Fsp3) is 0.500. The van der Waals surface area contributed by atoms with Crippen LogP contribution in [-0.2, 0) is 33.5 Å². The number of carbonyl (C=O) groups excluding carboxylic acids is 4. The number of carbonyl (C=O) groups is 4. The maximum absolute atomic E-state index is 12.8. The molecule has 2 amide bonds. The number of oxime groups is 1. The average Bonchev–Trinajstić information content (AvgIpc) is 3.19. The molecule has 2 unspecified atom stereocenters. The molecular formula is C20H25N5O7S2. The van der Waals surface area contributed by atoms with Crippen LogP contribution >= 0.6 is 23.1 Å². The lowest BCUT2D eigenvalue weighted by Crippen LogP contribution is -2.70. The number of nitrogens with two attached hydrogens (primary N) is 1. The van der Waals surface area contributed by atoms with Crippen molar-refractivity contribution in [2.75, 3.05) is 25.4 Å². The van der Waals surface area contributed by atoms with Crippen molar-refractivity contribution < 1.29 is 33.5 Å². The Morgan fingerprint density at radius 1 is 1.32 bits per heavy atom. The van der Waals surface area contributed by atoms with E-state index in [1.807, 2.05) is 20.8 Å². The summed E-state index contributed by atoms with van der Waals surface area (Å²) in [5, 5.41) is 7.58. The first-order valence-electron chi connectivity index (χ1n) is 10.1. The number of amides is 2. The number of ether oxygens (including phenoxy) is 2. The van der Waals surface area contributed by atoms with Gasteiger partial charge in [-0.2, -0.15) is 0 Å². The number of nitrogen functional groups attached to an aromatic ring is 1. The SMILES string of the molecule is CO/N=C(/C(=O)NC1C(=O)N2C(C(=O)OCOC(=O)CC(C)(C)C)=CCSC12)c1csc(N)n1. The van der Waals surface area contributed by atoms with Crippen molar-refractivity contribution >= 4 is 57.7 Å². The number of rotatable bonds is 8. The van der Waals surface area contributed by atoms with Crippen LogP contribution < -0.4 is 11.1 Å². The first-order chi connectivity index (χ1) is 16.0. The molecule has 1 aromatic heterocycles. The second-order valence-corrected chi connectivity index (χ2v) is 10.5. The maximum Gasteiger partial charge on any atom is 0.357 e. The molecule has 1 aromatic rings. The number of thiazole rings is 1. The van der Waals surface area contributed by atoms with Crippen LogP contribution in [0.15, 0.2) is 22.3 Å². The summed E-state index contributed by atoms with van der Waals surface area (Å²) in [6, 6.07) is -0.892. The number of hydrogen-bond acceptors (Lipinski definition) is 12. The van der Waals surface area contributed by atoms with Crippen LogP contribution in [0.25, 0.3) is 0 Å². The lowest BCUT2D eigenvalue weighted by atomic mass is 9.93. The Morgan fingerprint density at radius 3 is 2.68 bits per heavy atom. The van der Waals surface area contributed by atoms with Gasteiger partial charge in [-0.1, -0.05) is 25.9 Å². The first-order valence-corrected chi connectivity index (χ1v) is 12.1. The second kappa shape index (κ2) is 10.4. The summed E-state index contributed by atoms with van der Waals surface area (Å²) >= 11 is 2.49. The third-order valence-corrected chi connectivity index (χ3v) is 6.45. The highest BCUT2D eigenvalue weighted by atomic mass is 32.2. The van der Waals surface area contributed by atoms with Gasteiger partial charge in [-0.15, -0.1) is 23.1 Å². The van der Waals surface area contributed by atoms with E-state index in [2.05, 4.69) is 15.5 Å². The highest BCUT2D eigenvalue weighted by Gasteiger charge is 2.53. The smallest absolute Gasteiger partial charge is 0.357 e. The van der Waals surface area contributed by atoms with Gasteiger partial charge in [0.15, 0.2) is 10.8 Å². The number of aromatic nitrogens is 1. The highest BCUT2D eigenvalue weighted by molar-refractivity contribution is 8.00. The Kier molecular flexibility index (Phi) is 7.82. The van der Waals surface area contributed by atoms with Crippen molar-refractivity contribution in [2.45, 2.75) is 38.6 Å². The standard InChI is InChI=1S/C20H25N5O7S2/c1-20(2,3)7-12(26)31-9-32-18(29)11-5-6-33-17-14(16(28)25(11)17)23-15(27)13(24-30-4)10-8-34-19(21)22-10/h5,8,14,17H,6-7,9H2,1-4H3,(H2,21,22)(H,23,27)/b24-13+. The monoisotopic (exact) mass is 511 g/mol. The maximum atomic E-state index is 12.8. The number of fused-ring (bicyclic) bond motifs is 1. The van der Waals surface area contributed by atoms with Crippen LogP contribution in [-0.4, -0.2) is 70.4 Å². The molecule has 0 aliphatic carbocycles.